The molecule has 4 rings (SSSR count). The van der Waals surface area contributed by atoms with E-state index in [0.29, 0.717) is 36.5 Å². The van der Waals surface area contributed by atoms with Crippen LogP contribution < -0.4 is 15.5 Å². The highest BCUT2D eigenvalue weighted by Gasteiger charge is 2.44. The van der Waals surface area contributed by atoms with Crippen LogP contribution in [0.15, 0.2) is 42.5 Å². The number of halogens is 1. The van der Waals surface area contributed by atoms with E-state index in [-0.39, 0.29) is 11.9 Å². The number of amides is 3. The molecule has 2 aliphatic rings. The van der Waals surface area contributed by atoms with Crippen molar-refractivity contribution in [1.82, 2.24) is 10.2 Å². The first-order valence-electron chi connectivity index (χ1n) is 9.36. The molecule has 0 aromatic heterocycles. The summed E-state index contributed by atoms with van der Waals surface area (Å²) in [4.78, 5) is 29.2. The molecule has 0 saturated carbocycles. The maximum absolute atomic E-state index is 12.7. The van der Waals surface area contributed by atoms with Crippen molar-refractivity contribution in [1.29, 1.82) is 0 Å². The molecule has 1 spiro atoms. The van der Waals surface area contributed by atoms with Crippen LogP contribution in [0.1, 0.15) is 28.8 Å². The Labute approximate surface area is 169 Å². The molecule has 146 valence electrons. The Hall–Kier alpha value is -2.73. The van der Waals surface area contributed by atoms with E-state index in [1.54, 1.807) is 17.0 Å². The molecule has 2 aliphatic heterocycles. The fourth-order valence-corrected chi connectivity index (χ4v) is 4.21. The van der Waals surface area contributed by atoms with Crippen LogP contribution in [-0.2, 0) is 0 Å². The van der Waals surface area contributed by atoms with E-state index in [2.05, 4.69) is 15.5 Å². The van der Waals surface area contributed by atoms with Crippen LogP contribution in [0, 0.1) is 6.92 Å². The van der Waals surface area contributed by atoms with Gasteiger partial charge in [-0.3, -0.25) is 4.79 Å². The lowest BCUT2D eigenvalue weighted by Crippen LogP contribution is -2.67. The van der Waals surface area contributed by atoms with Crippen molar-refractivity contribution < 1.29 is 9.59 Å². The van der Waals surface area contributed by atoms with Gasteiger partial charge in [-0.1, -0.05) is 23.7 Å². The normalized spacial score (nSPS) is 17.9. The molecular weight excluding hydrogens is 376 g/mol. The van der Waals surface area contributed by atoms with Gasteiger partial charge in [0.2, 0.25) is 0 Å². The van der Waals surface area contributed by atoms with Crippen molar-refractivity contribution in [2.75, 3.05) is 30.4 Å². The van der Waals surface area contributed by atoms with Gasteiger partial charge in [0.15, 0.2) is 0 Å². The Bertz CT molecular complexity index is 938. The van der Waals surface area contributed by atoms with Gasteiger partial charge < -0.3 is 20.4 Å². The molecular formula is C21H23ClN4O2. The number of aryl methyl sites for hydroxylation is 1. The van der Waals surface area contributed by atoms with Crippen LogP contribution in [0.2, 0.25) is 5.02 Å². The number of benzene rings is 2. The van der Waals surface area contributed by atoms with Crippen LogP contribution in [-0.4, -0.2) is 42.6 Å². The Morgan fingerprint density at radius 2 is 1.93 bits per heavy atom. The molecule has 2 heterocycles. The smallest absolute Gasteiger partial charge is 0.321 e. The van der Waals surface area contributed by atoms with Crippen LogP contribution >= 0.6 is 11.6 Å². The average Bonchev–Trinajstić information content (AvgIpc) is 2.67. The Balaban J connectivity index is 1.47. The maximum Gasteiger partial charge on any atom is 0.321 e. The summed E-state index contributed by atoms with van der Waals surface area (Å²) in [6.45, 7) is 3.11. The fraction of sp³-hybridized carbons (Fsp3) is 0.333. The molecule has 3 amide bonds. The summed E-state index contributed by atoms with van der Waals surface area (Å²) in [5, 5.41) is 6.65. The lowest BCUT2D eigenvalue weighted by molar-refractivity contribution is 0.0815. The van der Waals surface area contributed by atoms with Gasteiger partial charge in [0.05, 0.1) is 11.3 Å². The van der Waals surface area contributed by atoms with E-state index in [0.717, 1.165) is 16.9 Å². The first-order chi connectivity index (χ1) is 13.4. The van der Waals surface area contributed by atoms with Crippen molar-refractivity contribution >= 4 is 34.9 Å². The van der Waals surface area contributed by atoms with E-state index in [1.807, 2.05) is 44.3 Å². The number of nitrogens with one attached hydrogen (secondary N) is 2. The number of likely N-dealkylation sites (tertiary alicyclic amines) is 1. The summed E-state index contributed by atoms with van der Waals surface area (Å²) >= 11 is 6.05. The first kappa shape index (κ1) is 18.6. The van der Waals surface area contributed by atoms with Crippen LogP contribution in [0.25, 0.3) is 0 Å². The summed E-state index contributed by atoms with van der Waals surface area (Å²) in [7, 11) is 1.98. The summed E-state index contributed by atoms with van der Waals surface area (Å²) in [6, 6.07) is 13.0. The molecule has 0 bridgehead atoms. The van der Waals surface area contributed by atoms with E-state index >= 15 is 0 Å². The van der Waals surface area contributed by atoms with Crippen molar-refractivity contribution in [3.8, 4) is 0 Å². The van der Waals surface area contributed by atoms with Crippen molar-refractivity contribution in [2.45, 2.75) is 25.4 Å². The zero-order valence-corrected chi connectivity index (χ0v) is 16.7. The highest BCUT2D eigenvalue weighted by molar-refractivity contribution is 6.31. The van der Waals surface area contributed by atoms with Crippen LogP contribution in [0.5, 0.6) is 0 Å². The van der Waals surface area contributed by atoms with Gasteiger partial charge in [-0.05, 0) is 42.8 Å². The number of rotatable bonds is 1. The SMILES string of the molecule is Cc1cccc(NC(=O)N2CCC3(CC2)NC(=O)c2cc(Cl)ccc2N3C)c1. The molecule has 7 heteroatoms. The van der Waals surface area contributed by atoms with E-state index < -0.39 is 5.66 Å². The van der Waals surface area contributed by atoms with E-state index in [9.17, 15) is 9.59 Å². The second kappa shape index (κ2) is 7.02. The van der Waals surface area contributed by atoms with Gasteiger partial charge in [-0.15, -0.1) is 0 Å². The van der Waals surface area contributed by atoms with E-state index in [1.165, 1.54) is 0 Å². The monoisotopic (exact) mass is 398 g/mol. The predicted molar refractivity (Wildman–Crippen MR) is 111 cm³/mol. The van der Waals surface area contributed by atoms with Crippen molar-refractivity contribution in [3.63, 3.8) is 0 Å². The number of carbonyl (C=O) groups is 2. The minimum atomic E-state index is -0.488. The highest BCUT2D eigenvalue weighted by Crippen LogP contribution is 2.37. The third-order valence-electron chi connectivity index (χ3n) is 5.70. The summed E-state index contributed by atoms with van der Waals surface area (Å²) in [6.07, 6.45) is 1.30. The fourth-order valence-electron chi connectivity index (χ4n) is 4.04. The molecule has 0 radical (unpaired) electrons. The van der Waals surface area contributed by atoms with E-state index in [4.69, 9.17) is 11.6 Å². The lowest BCUT2D eigenvalue weighted by atomic mass is 9.90. The zero-order chi connectivity index (χ0) is 19.9. The number of urea groups is 1. The van der Waals surface area contributed by atoms with Gasteiger partial charge in [-0.25, -0.2) is 4.79 Å². The number of hydrogen-bond acceptors (Lipinski definition) is 3. The molecule has 2 aromatic rings. The summed E-state index contributed by atoms with van der Waals surface area (Å²) in [5.41, 5.74) is 2.85. The molecule has 1 fully saturated rings. The molecule has 1 saturated heterocycles. The number of piperidine rings is 1. The minimum Gasteiger partial charge on any atom is -0.351 e. The maximum atomic E-state index is 12.7. The quantitative estimate of drug-likeness (QED) is 0.766. The van der Waals surface area contributed by atoms with Crippen molar-refractivity contribution in [2.24, 2.45) is 0 Å². The van der Waals surface area contributed by atoms with Gasteiger partial charge >= 0.3 is 6.03 Å². The molecule has 6 nitrogen and oxygen atoms in total. The van der Waals surface area contributed by atoms with Crippen molar-refractivity contribution in [3.05, 3.63) is 58.6 Å². The van der Waals surface area contributed by atoms with Crippen LogP contribution in [0.3, 0.4) is 0 Å². The minimum absolute atomic E-state index is 0.113. The average molecular weight is 399 g/mol. The largest absolute Gasteiger partial charge is 0.351 e. The van der Waals surface area contributed by atoms with Crippen LogP contribution in [0.4, 0.5) is 16.2 Å². The van der Waals surface area contributed by atoms with Gasteiger partial charge in [0, 0.05) is 43.7 Å². The third-order valence-corrected chi connectivity index (χ3v) is 5.94. The zero-order valence-electron chi connectivity index (χ0n) is 16.0. The summed E-state index contributed by atoms with van der Waals surface area (Å²) < 4.78 is 0. The number of hydrogen-bond donors (Lipinski definition) is 2. The number of anilines is 2. The molecule has 2 aromatic carbocycles. The molecule has 28 heavy (non-hydrogen) atoms. The molecule has 0 aliphatic carbocycles. The third kappa shape index (κ3) is 3.29. The second-order valence-corrected chi connectivity index (χ2v) is 7.93. The number of nitrogens with zero attached hydrogens (tertiary/aromatic N) is 2. The summed E-state index contributed by atoms with van der Waals surface area (Å²) in [5.74, 6) is -0.117. The molecule has 0 unspecified atom stereocenters. The van der Waals surface area contributed by atoms with Gasteiger partial charge in [0.1, 0.15) is 5.66 Å². The van der Waals surface area contributed by atoms with Gasteiger partial charge in [-0.2, -0.15) is 0 Å². The topological polar surface area (TPSA) is 64.7 Å². The Morgan fingerprint density at radius 1 is 1.18 bits per heavy atom. The first-order valence-corrected chi connectivity index (χ1v) is 9.74. The van der Waals surface area contributed by atoms with Gasteiger partial charge in [0.25, 0.3) is 5.91 Å². The predicted octanol–water partition coefficient (Wildman–Crippen LogP) is 3.85. The molecule has 2 N–H and O–H groups in total. The second-order valence-electron chi connectivity index (χ2n) is 7.49. The lowest BCUT2D eigenvalue weighted by Gasteiger charge is -2.51. The Kier molecular flexibility index (Phi) is 4.67. The highest BCUT2D eigenvalue weighted by atomic mass is 35.5. The number of carbonyl (C=O) groups excluding carboxylic acids is 2. The number of fused-ring (bicyclic) bond motifs is 1. The Morgan fingerprint density at radius 3 is 2.64 bits per heavy atom. The standard InChI is InChI=1S/C21H23ClN4O2/c1-14-4-3-5-16(12-14)23-20(28)26-10-8-21(9-11-26)24-19(27)17-13-15(22)6-7-18(17)25(21)2/h3-7,12-13H,8-11H2,1-2H3,(H,23,28)(H,24,27). The molecule has 0 atom stereocenters.